The van der Waals surface area contributed by atoms with Gasteiger partial charge in [0.2, 0.25) is 5.91 Å². The third kappa shape index (κ3) is 3.38. The van der Waals surface area contributed by atoms with Gasteiger partial charge in [-0.15, -0.1) is 0 Å². The highest BCUT2D eigenvalue weighted by Crippen LogP contribution is 2.17. The molecule has 2 aromatic carbocycles. The molecule has 10 heteroatoms. The van der Waals surface area contributed by atoms with Crippen LogP contribution in [0.25, 0.3) is 10.9 Å². The fraction of sp³-hybridized carbons (Fsp3) is 0.0625. The molecule has 8 nitrogen and oxygen atoms in total. The van der Waals surface area contributed by atoms with Gasteiger partial charge in [-0.2, -0.15) is 0 Å². The normalized spacial score (nSPS) is 10.7. The molecule has 1 heterocycles. The number of rotatable bonds is 4. The molecule has 0 saturated carbocycles. The summed E-state index contributed by atoms with van der Waals surface area (Å²) in [5.74, 6) is -2.32. The summed E-state index contributed by atoms with van der Waals surface area (Å²) in [4.78, 5) is 38.4. The lowest BCUT2D eigenvalue weighted by atomic mass is 10.2. The summed E-state index contributed by atoms with van der Waals surface area (Å²) in [7, 11) is 0. The number of fused-ring (bicyclic) bond motifs is 1. The highest BCUT2D eigenvalue weighted by Gasteiger charge is 2.13. The lowest BCUT2D eigenvalue weighted by Crippen LogP contribution is -2.28. The number of hydrogen-bond donors (Lipinski definition) is 1. The molecular formula is C16H10F2N4O4. The van der Waals surface area contributed by atoms with Gasteiger partial charge in [-0.05, 0) is 18.2 Å². The van der Waals surface area contributed by atoms with E-state index in [0.717, 1.165) is 41.2 Å². The van der Waals surface area contributed by atoms with Crippen molar-refractivity contribution in [3.8, 4) is 0 Å². The SMILES string of the molecule is O=C(Cn1cnc2cc([N+](=O)[O-])ccc2c1=O)Nc1cc(F)ccc1F. The molecule has 0 saturated heterocycles. The van der Waals surface area contributed by atoms with Crippen LogP contribution in [-0.4, -0.2) is 20.4 Å². The van der Waals surface area contributed by atoms with Crippen LogP contribution in [-0.2, 0) is 11.3 Å². The van der Waals surface area contributed by atoms with Crippen LogP contribution in [0.2, 0.25) is 0 Å². The first-order chi connectivity index (χ1) is 12.3. The molecule has 3 rings (SSSR count). The van der Waals surface area contributed by atoms with Crippen molar-refractivity contribution in [1.82, 2.24) is 9.55 Å². The second-order valence-corrected chi connectivity index (χ2v) is 5.31. The summed E-state index contributed by atoms with van der Waals surface area (Å²) in [6.07, 6.45) is 1.05. The molecule has 1 aromatic heterocycles. The molecule has 0 unspecified atom stereocenters. The number of nitro groups is 1. The van der Waals surface area contributed by atoms with Gasteiger partial charge in [-0.1, -0.05) is 0 Å². The summed E-state index contributed by atoms with van der Waals surface area (Å²) in [6, 6.07) is 6.11. The van der Waals surface area contributed by atoms with Gasteiger partial charge in [0.05, 0.1) is 27.8 Å². The molecule has 0 aliphatic heterocycles. The summed E-state index contributed by atoms with van der Waals surface area (Å²) in [6.45, 7) is -0.491. The number of amides is 1. The number of carbonyl (C=O) groups excluding carboxylic acids is 1. The monoisotopic (exact) mass is 360 g/mol. The quantitative estimate of drug-likeness (QED) is 0.567. The number of nitro benzene ring substituents is 1. The van der Waals surface area contributed by atoms with Crippen LogP contribution in [0.4, 0.5) is 20.2 Å². The molecule has 132 valence electrons. The molecule has 0 aliphatic rings. The number of non-ortho nitro benzene ring substituents is 1. The third-order valence-electron chi connectivity index (χ3n) is 3.54. The Balaban J connectivity index is 1.86. The van der Waals surface area contributed by atoms with Gasteiger partial charge in [0.25, 0.3) is 11.2 Å². The van der Waals surface area contributed by atoms with Crippen LogP contribution in [0.5, 0.6) is 0 Å². The van der Waals surface area contributed by atoms with Crippen LogP contribution in [0, 0.1) is 21.7 Å². The van der Waals surface area contributed by atoms with Crippen molar-refractivity contribution >= 4 is 28.2 Å². The molecule has 0 aliphatic carbocycles. The maximum absolute atomic E-state index is 13.5. The predicted molar refractivity (Wildman–Crippen MR) is 87.6 cm³/mol. The first-order valence-corrected chi connectivity index (χ1v) is 7.23. The van der Waals surface area contributed by atoms with Crippen LogP contribution in [0.1, 0.15) is 0 Å². The minimum atomic E-state index is -0.823. The summed E-state index contributed by atoms with van der Waals surface area (Å²) in [5, 5.41) is 13.0. The smallest absolute Gasteiger partial charge is 0.271 e. The second-order valence-electron chi connectivity index (χ2n) is 5.31. The van der Waals surface area contributed by atoms with E-state index < -0.39 is 34.6 Å². The van der Waals surface area contributed by atoms with Gasteiger partial charge < -0.3 is 5.32 Å². The van der Waals surface area contributed by atoms with Crippen molar-refractivity contribution < 1.29 is 18.5 Å². The molecule has 3 aromatic rings. The van der Waals surface area contributed by atoms with Gasteiger partial charge in [-0.3, -0.25) is 24.3 Å². The second kappa shape index (κ2) is 6.67. The number of nitrogens with one attached hydrogen (secondary N) is 1. The van der Waals surface area contributed by atoms with Crippen LogP contribution >= 0.6 is 0 Å². The van der Waals surface area contributed by atoms with Gasteiger partial charge in [-0.25, -0.2) is 13.8 Å². The molecule has 0 spiro atoms. The van der Waals surface area contributed by atoms with E-state index in [1.54, 1.807) is 0 Å². The lowest BCUT2D eigenvalue weighted by molar-refractivity contribution is -0.384. The zero-order valence-electron chi connectivity index (χ0n) is 13.0. The minimum Gasteiger partial charge on any atom is -0.322 e. The highest BCUT2D eigenvalue weighted by molar-refractivity contribution is 5.91. The fourth-order valence-corrected chi connectivity index (χ4v) is 2.31. The van der Waals surface area contributed by atoms with Crippen LogP contribution in [0.15, 0.2) is 47.5 Å². The number of nitrogens with zero attached hydrogens (tertiary/aromatic N) is 3. The maximum Gasteiger partial charge on any atom is 0.271 e. The Labute approximate surface area is 143 Å². The van der Waals surface area contributed by atoms with E-state index >= 15 is 0 Å². The Morgan fingerprint density at radius 1 is 1.23 bits per heavy atom. The molecule has 0 fully saturated rings. The van der Waals surface area contributed by atoms with E-state index in [1.165, 1.54) is 6.07 Å². The minimum absolute atomic E-state index is 0.0860. The molecule has 0 atom stereocenters. The first-order valence-electron chi connectivity index (χ1n) is 7.23. The van der Waals surface area contributed by atoms with Crippen molar-refractivity contribution in [3.63, 3.8) is 0 Å². The maximum atomic E-state index is 13.5. The van der Waals surface area contributed by atoms with Crippen molar-refractivity contribution in [1.29, 1.82) is 0 Å². The van der Waals surface area contributed by atoms with Gasteiger partial charge in [0.15, 0.2) is 0 Å². The Bertz CT molecular complexity index is 1100. The number of carbonyl (C=O) groups is 1. The molecular weight excluding hydrogens is 350 g/mol. The van der Waals surface area contributed by atoms with Crippen molar-refractivity contribution in [2.75, 3.05) is 5.32 Å². The Morgan fingerprint density at radius 2 is 2.00 bits per heavy atom. The molecule has 0 bridgehead atoms. The standard InChI is InChI=1S/C16H10F2N4O4/c17-9-1-4-12(18)14(5-9)20-15(23)7-21-8-19-13-6-10(22(25)26)2-3-11(13)16(21)24/h1-6,8H,7H2,(H,20,23). The Kier molecular flexibility index (Phi) is 4.40. The lowest BCUT2D eigenvalue weighted by Gasteiger charge is -2.09. The first kappa shape index (κ1) is 17.1. The van der Waals surface area contributed by atoms with Gasteiger partial charge >= 0.3 is 0 Å². The number of hydrogen-bond acceptors (Lipinski definition) is 5. The van der Waals surface area contributed by atoms with Crippen LogP contribution < -0.4 is 10.9 Å². The summed E-state index contributed by atoms with van der Waals surface area (Å²) < 4.78 is 27.6. The number of aromatic nitrogens is 2. The van der Waals surface area contributed by atoms with E-state index in [-0.39, 0.29) is 22.3 Å². The number of benzene rings is 2. The highest BCUT2D eigenvalue weighted by atomic mass is 19.1. The average Bonchev–Trinajstić information content (AvgIpc) is 2.60. The topological polar surface area (TPSA) is 107 Å². The summed E-state index contributed by atoms with van der Waals surface area (Å²) >= 11 is 0. The summed E-state index contributed by atoms with van der Waals surface area (Å²) in [5.41, 5.74) is -1.06. The average molecular weight is 360 g/mol. The van der Waals surface area contributed by atoms with E-state index in [2.05, 4.69) is 10.3 Å². The number of anilines is 1. The zero-order valence-corrected chi connectivity index (χ0v) is 13.0. The predicted octanol–water partition coefficient (Wildman–Crippen LogP) is 2.22. The Morgan fingerprint density at radius 3 is 2.73 bits per heavy atom. The van der Waals surface area contributed by atoms with Crippen LogP contribution in [0.3, 0.4) is 0 Å². The van der Waals surface area contributed by atoms with E-state index in [0.29, 0.717) is 0 Å². The van der Waals surface area contributed by atoms with Gasteiger partial charge in [0, 0.05) is 18.2 Å². The van der Waals surface area contributed by atoms with E-state index in [4.69, 9.17) is 0 Å². The van der Waals surface area contributed by atoms with Crippen molar-refractivity contribution in [2.24, 2.45) is 0 Å². The zero-order chi connectivity index (χ0) is 18.8. The Hall–Kier alpha value is -3.69. The molecule has 0 radical (unpaired) electrons. The van der Waals surface area contributed by atoms with Gasteiger partial charge in [0.1, 0.15) is 18.2 Å². The largest absolute Gasteiger partial charge is 0.322 e. The van der Waals surface area contributed by atoms with E-state index in [1.807, 2.05) is 0 Å². The van der Waals surface area contributed by atoms with Crippen molar-refractivity contribution in [2.45, 2.75) is 6.54 Å². The van der Waals surface area contributed by atoms with E-state index in [9.17, 15) is 28.5 Å². The number of halogens is 2. The fourth-order valence-electron chi connectivity index (χ4n) is 2.31. The van der Waals surface area contributed by atoms with Crippen molar-refractivity contribution in [3.05, 3.63) is 74.8 Å². The molecule has 26 heavy (non-hydrogen) atoms. The molecule has 1 N–H and O–H groups in total. The third-order valence-corrected chi connectivity index (χ3v) is 3.54. The molecule has 1 amide bonds.